The third-order valence-electron chi connectivity index (χ3n) is 3.88. The number of anilines is 1. The lowest BCUT2D eigenvalue weighted by molar-refractivity contribution is 0.101. The molecule has 0 radical (unpaired) electrons. The number of aromatic nitrogens is 1. The first-order valence-electron chi connectivity index (χ1n) is 7.42. The second-order valence-electron chi connectivity index (χ2n) is 5.56. The molecule has 1 N–H and O–H groups in total. The average Bonchev–Trinajstić information content (AvgIpc) is 3.01. The van der Waals surface area contributed by atoms with Crippen LogP contribution in [0.1, 0.15) is 21.6 Å². The van der Waals surface area contributed by atoms with Crippen LogP contribution in [0, 0.1) is 12.7 Å². The standard InChI is InChI=1S/C18H13FN2O3/c1-10-6-7-15-11(8-10)17-12(9-23-15)16(21-24-17)18(22)20-14-5-3-2-4-13(14)19/h2-8H,9H2,1H3,(H,20,22). The molecule has 0 saturated heterocycles. The molecule has 4 rings (SSSR count). The van der Waals surface area contributed by atoms with Gasteiger partial charge >= 0.3 is 0 Å². The smallest absolute Gasteiger partial charge is 0.278 e. The van der Waals surface area contributed by atoms with Crippen LogP contribution in [0.15, 0.2) is 47.0 Å². The van der Waals surface area contributed by atoms with Gasteiger partial charge in [0.15, 0.2) is 11.5 Å². The molecule has 120 valence electrons. The normalized spacial score (nSPS) is 12.1. The Kier molecular flexibility index (Phi) is 3.30. The van der Waals surface area contributed by atoms with Crippen LogP contribution in [0.4, 0.5) is 10.1 Å². The number of ether oxygens (including phenoxy) is 1. The molecule has 0 aliphatic carbocycles. The molecule has 24 heavy (non-hydrogen) atoms. The molecule has 3 aromatic rings. The van der Waals surface area contributed by atoms with Gasteiger partial charge in [-0.25, -0.2) is 4.39 Å². The summed E-state index contributed by atoms with van der Waals surface area (Å²) in [4.78, 5) is 12.4. The predicted molar refractivity (Wildman–Crippen MR) is 85.4 cm³/mol. The number of hydrogen-bond acceptors (Lipinski definition) is 4. The van der Waals surface area contributed by atoms with Gasteiger partial charge in [-0.1, -0.05) is 28.9 Å². The Morgan fingerprint density at radius 1 is 1.25 bits per heavy atom. The van der Waals surface area contributed by atoms with Crippen LogP contribution in [0.5, 0.6) is 5.75 Å². The van der Waals surface area contributed by atoms with E-state index in [2.05, 4.69) is 10.5 Å². The summed E-state index contributed by atoms with van der Waals surface area (Å²) in [6.45, 7) is 2.13. The number of benzene rings is 2. The van der Waals surface area contributed by atoms with E-state index in [1.165, 1.54) is 12.1 Å². The number of carbonyl (C=O) groups excluding carboxylic acids is 1. The van der Waals surface area contributed by atoms with Crippen molar-refractivity contribution in [3.05, 3.63) is 65.1 Å². The number of amides is 1. The van der Waals surface area contributed by atoms with Crippen molar-refractivity contribution in [2.45, 2.75) is 13.5 Å². The van der Waals surface area contributed by atoms with E-state index in [0.29, 0.717) is 17.1 Å². The molecule has 0 spiro atoms. The minimum absolute atomic E-state index is 0.0900. The molecule has 0 atom stereocenters. The lowest BCUT2D eigenvalue weighted by atomic mass is 10.0. The van der Waals surface area contributed by atoms with E-state index < -0.39 is 11.7 Å². The van der Waals surface area contributed by atoms with Crippen molar-refractivity contribution >= 4 is 11.6 Å². The molecule has 1 aromatic heterocycles. The Labute approximate surface area is 137 Å². The quantitative estimate of drug-likeness (QED) is 0.775. The summed E-state index contributed by atoms with van der Waals surface area (Å²) in [5.74, 6) is 0.147. The van der Waals surface area contributed by atoms with Gasteiger partial charge in [0.1, 0.15) is 18.2 Å². The van der Waals surface area contributed by atoms with E-state index in [4.69, 9.17) is 9.26 Å². The topological polar surface area (TPSA) is 64.4 Å². The van der Waals surface area contributed by atoms with Crippen LogP contribution in [0.3, 0.4) is 0 Å². The molecule has 1 aliphatic heterocycles. The van der Waals surface area contributed by atoms with E-state index in [0.717, 1.165) is 11.1 Å². The number of fused-ring (bicyclic) bond motifs is 3. The number of aryl methyl sites for hydroxylation is 1. The average molecular weight is 324 g/mol. The maximum absolute atomic E-state index is 13.7. The van der Waals surface area contributed by atoms with E-state index in [-0.39, 0.29) is 18.0 Å². The summed E-state index contributed by atoms with van der Waals surface area (Å²) < 4.78 is 24.7. The molecule has 1 amide bonds. The largest absolute Gasteiger partial charge is 0.488 e. The van der Waals surface area contributed by atoms with Crippen LogP contribution in [-0.2, 0) is 6.61 Å². The fourth-order valence-electron chi connectivity index (χ4n) is 2.67. The van der Waals surface area contributed by atoms with E-state index >= 15 is 0 Å². The van der Waals surface area contributed by atoms with Crippen molar-refractivity contribution in [2.75, 3.05) is 5.32 Å². The van der Waals surface area contributed by atoms with Gasteiger partial charge in [0.05, 0.1) is 16.8 Å². The molecule has 2 aromatic carbocycles. The van der Waals surface area contributed by atoms with E-state index in [9.17, 15) is 9.18 Å². The third kappa shape index (κ3) is 2.32. The first kappa shape index (κ1) is 14.4. The van der Waals surface area contributed by atoms with Gasteiger partial charge in [0, 0.05) is 0 Å². The molecular weight excluding hydrogens is 311 g/mol. The Morgan fingerprint density at radius 3 is 2.92 bits per heavy atom. The van der Waals surface area contributed by atoms with E-state index in [1.807, 2.05) is 25.1 Å². The minimum Gasteiger partial charge on any atom is -0.488 e. The molecule has 0 bridgehead atoms. The molecule has 5 nitrogen and oxygen atoms in total. The maximum Gasteiger partial charge on any atom is 0.278 e. The second kappa shape index (κ2) is 5.49. The zero-order chi connectivity index (χ0) is 16.7. The fraction of sp³-hybridized carbons (Fsp3) is 0.111. The van der Waals surface area contributed by atoms with Gasteiger partial charge < -0.3 is 14.6 Å². The van der Waals surface area contributed by atoms with Crippen LogP contribution >= 0.6 is 0 Å². The second-order valence-corrected chi connectivity index (χ2v) is 5.56. The summed E-state index contributed by atoms with van der Waals surface area (Å²) in [6.07, 6.45) is 0. The number of nitrogens with one attached hydrogen (secondary N) is 1. The monoisotopic (exact) mass is 324 g/mol. The van der Waals surface area contributed by atoms with Crippen molar-refractivity contribution in [3.63, 3.8) is 0 Å². The maximum atomic E-state index is 13.7. The Hall–Kier alpha value is -3.15. The van der Waals surface area contributed by atoms with Gasteiger partial charge in [0.2, 0.25) is 0 Å². The van der Waals surface area contributed by atoms with Gasteiger partial charge in [-0.05, 0) is 31.2 Å². The van der Waals surface area contributed by atoms with Crippen molar-refractivity contribution in [3.8, 4) is 17.1 Å². The van der Waals surface area contributed by atoms with Gasteiger partial charge in [-0.15, -0.1) is 0 Å². The third-order valence-corrected chi connectivity index (χ3v) is 3.88. The summed E-state index contributed by atoms with van der Waals surface area (Å²) in [5.41, 5.74) is 2.54. The summed E-state index contributed by atoms with van der Waals surface area (Å²) in [6, 6.07) is 11.7. The Morgan fingerprint density at radius 2 is 2.08 bits per heavy atom. The summed E-state index contributed by atoms with van der Waals surface area (Å²) in [5, 5.41) is 6.37. The molecule has 0 unspecified atom stereocenters. The highest BCUT2D eigenvalue weighted by Gasteiger charge is 2.29. The highest BCUT2D eigenvalue weighted by Crippen LogP contribution is 2.39. The first-order chi connectivity index (χ1) is 11.6. The number of para-hydroxylation sites is 1. The SMILES string of the molecule is Cc1ccc2c(c1)-c1onc(C(=O)Nc3ccccc3F)c1CO2. The van der Waals surface area contributed by atoms with Crippen LogP contribution in [0.25, 0.3) is 11.3 Å². The Bertz CT molecular complexity index is 949. The van der Waals surface area contributed by atoms with E-state index in [1.54, 1.807) is 12.1 Å². The van der Waals surface area contributed by atoms with Crippen LogP contribution < -0.4 is 10.1 Å². The molecule has 1 aliphatic rings. The highest BCUT2D eigenvalue weighted by atomic mass is 19.1. The van der Waals surface area contributed by atoms with Crippen LogP contribution in [-0.4, -0.2) is 11.1 Å². The van der Waals surface area contributed by atoms with Crippen molar-refractivity contribution < 1.29 is 18.4 Å². The predicted octanol–water partition coefficient (Wildman–Crippen LogP) is 3.93. The first-order valence-corrected chi connectivity index (χ1v) is 7.42. The lowest BCUT2D eigenvalue weighted by Crippen LogP contribution is -2.17. The molecule has 6 heteroatoms. The fourth-order valence-corrected chi connectivity index (χ4v) is 2.67. The zero-order valence-corrected chi connectivity index (χ0v) is 12.8. The number of nitrogens with zero attached hydrogens (tertiary/aromatic N) is 1. The summed E-state index contributed by atoms with van der Waals surface area (Å²) in [7, 11) is 0. The number of carbonyl (C=O) groups is 1. The van der Waals surface area contributed by atoms with Crippen molar-refractivity contribution in [1.29, 1.82) is 0 Å². The lowest BCUT2D eigenvalue weighted by Gasteiger charge is -2.16. The van der Waals surface area contributed by atoms with Crippen molar-refractivity contribution in [1.82, 2.24) is 5.16 Å². The molecule has 0 fully saturated rings. The Balaban J connectivity index is 1.70. The minimum atomic E-state index is -0.537. The number of halogens is 1. The zero-order valence-electron chi connectivity index (χ0n) is 12.8. The highest BCUT2D eigenvalue weighted by molar-refractivity contribution is 6.04. The van der Waals surface area contributed by atoms with Gasteiger partial charge in [-0.3, -0.25) is 4.79 Å². The summed E-state index contributed by atoms with van der Waals surface area (Å²) >= 11 is 0. The molecular formula is C18H13FN2O3. The molecule has 2 heterocycles. The van der Waals surface area contributed by atoms with Crippen LogP contribution in [0.2, 0.25) is 0 Å². The van der Waals surface area contributed by atoms with Gasteiger partial charge in [-0.2, -0.15) is 0 Å². The number of rotatable bonds is 2. The van der Waals surface area contributed by atoms with Gasteiger partial charge in [0.25, 0.3) is 5.91 Å². The number of hydrogen-bond donors (Lipinski definition) is 1. The molecule has 0 saturated carbocycles. The van der Waals surface area contributed by atoms with Crippen molar-refractivity contribution in [2.24, 2.45) is 0 Å².